The third-order valence-electron chi connectivity index (χ3n) is 3.49. The van der Waals surface area contributed by atoms with Crippen molar-refractivity contribution in [2.24, 2.45) is 17.8 Å². The van der Waals surface area contributed by atoms with E-state index in [1.54, 1.807) is 0 Å². The maximum atomic E-state index is 11.9. The van der Waals surface area contributed by atoms with Gasteiger partial charge in [0.05, 0.1) is 11.8 Å². The highest BCUT2D eigenvalue weighted by Crippen LogP contribution is 2.39. The number of nitrogens with zero attached hydrogens (tertiary/aromatic N) is 1. The van der Waals surface area contributed by atoms with Gasteiger partial charge in [-0.1, -0.05) is 13.3 Å². The van der Waals surface area contributed by atoms with Crippen molar-refractivity contribution in [1.82, 2.24) is 4.90 Å². The number of likely N-dealkylation sites (tertiary alicyclic amines) is 1. The lowest BCUT2D eigenvalue weighted by Gasteiger charge is -2.18. The van der Waals surface area contributed by atoms with Crippen LogP contribution in [0.5, 0.6) is 0 Å². The van der Waals surface area contributed by atoms with Crippen LogP contribution >= 0.6 is 0 Å². The molecule has 4 nitrogen and oxygen atoms in total. The van der Waals surface area contributed by atoms with Gasteiger partial charge in [0.15, 0.2) is 0 Å². The second kappa shape index (κ2) is 3.93. The lowest BCUT2D eigenvalue weighted by atomic mass is 10.00. The van der Waals surface area contributed by atoms with Crippen molar-refractivity contribution in [2.45, 2.75) is 26.2 Å². The summed E-state index contributed by atoms with van der Waals surface area (Å²) in [5.74, 6) is -0.144. The molecule has 2 aliphatic rings. The van der Waals surface area contributed by atoms with Crippen LogP contribution in [0.4, 0.5) is 0 Å². The minimum Gasteiger partial charge on any atom is -0.396 e. The van der Waals surface area contributed by atoms with Gasteiger partial charge in [-0.05, 0) is 18.8 Å². The fourth-order valence-corrected chi connectivity index (χ4v) is 2.61. The Morgan fingerprint density at radius 3 is 2.33 bits per heavy atom. The summed E-state index contributed by atoms with van der Waals surface area (Å²) in [6.07, 6.45) is 2.72. The summed E-state index contributed by atoms with van der Waals surface area (Å²) in [4.78, 5) is 25.1. The molecule has 0 bridgehead atoms. The average Bonchev–Trinajstić information content (AvgIpc) is 2.78. The van der Waals surface area contributed by atoms with Crippen molar-refractivity contribution >= 4 is 11.8 Å². The highest BCUT2D eigenvalue weighted by Gasteiger charge is 2.49. The van der Waals surface area contributed by atoms with Gasteiger partial charge < -0.3 is 5.11 Å². The first-order valence-electron chi connectivity index (χ1n) is 5.61. The number of hydrogen-bond donors (Lipinski definition) is 1. The van der Waals surface area contributed by atoms with E-state index in [9.17, 15) is 9.59 Å². The van der Waals surface area contributed by atoms with E-state index in [0.717, 1.165) is 19.3 Å². The molecule has 1 heterocycles. The summed E-state index contributed by atoms with van der Waals surface area (Å²) in [5.41, 5.74) is 0. The molecule has 3 unspecified atom stereocenters. The normalized spacial score (nSPS) is 32.3. The van der Waals surface area contributed by atoms with Gasteiger partial charge in [-0.2, -0.15) is 0 Å². The summed E-state index contributed by atoms with van der Waals surface area (Å²) in [5, 5.41) is 8.92. The lowest BCUT2D eigenvalue weighted by molar-refractivity contribution is -0.141. The molecule has 0 spiro atoms. The Morgan fingerprint density at radius 1 is 1.33 bits per heavy atom. The molecule has 1 N–H and O–H groups in total. The number of hydrogen-bond acceptors (Lipinski definition) is 3. The van der Waals surface area contributed by atoms with E-state index in [0.29, 0.717) is 6.54 Å². The first-order valence-corrected chi connectivity index (χ1v) is 5.61. The predicted molar refractivity (Wildman–Crippen MR) is 53.8 cm³/mol. The van der Waals surface area contributed by atoms with Crippen LogP contribution in [0, 0.1) is 17.8 Å². The zero-order valence-electron chi connectivity index (χ0n) is 8.98. The van der Waals surface area contributed by atoms with Gasteiger partial charge >= 0.3 is 0 Å². The highest BCUT2D eigenvalue weighted by atomic mass is 16.3. The molecule has 0 radical (unpaired) electrons. The number of rotatable bonds is 3. The van der Waals surface area contributed by atoms with Crippen LogP contribution in [0.1, 0.15) is 26.2 Å². The van der Waals surface area contributed by atoms with Crippen LogP contribution in [-0.4, -0.2) is 35.0 Å². The molecule has 1 saturated heterocycles. The minimum atomic E-state index is -0.0524. The monoisotopic (exact) mass is 211 g/mol. The Hall–Kier alpha value is -0.900. The molecular weight excluding hydrogens is 194 g/mol. The van der Waals surface area contributed by atoms with Gasteiger partial charge in [-0.15, -0.1) is 0 Å². The zero-order valence-corrected chi connectivity index (χ0v) is 8.98. The molecule has 4 heteroatoms. The fourth-order valence-electron chi connectivity index (χ4n) is 2.61. The van der Waals surface area contributed by atoms with Crippen molar-refractivity contribution in [1.29, 1.82) is 0 Å². The smallest absolute Gasteiger partial charge is 0.233 e. The number of fused-ring (bicyclic) bond motifs is 1. The summed E-state index contributed by atoms with van der Waals surface area (Å²) in [7, 11) is 0. The summed E-state index contributed by atoms with van der Waals surface area (Å²) in [6.45, 7) is 2.24. The summed E-state index contributed by atoms with van der Waals surface area (Å²) < 4.78 is 0. The van der Waals surface area contributed by atoms with Gasteiger partial charge in [0.25, 0.3) is 0 Å². The SMILES string of the molecule is CC(CO)CN1C(=O)C2CCCC2C1=O. The first-order chi connectivity index (χ1) is 7.15. The van der Waals surface area contributed by atoms with E-state index in [-0.39, 0.29) is 36.2 Å². The molecule has 1 aliphatic carbocycles. The maximum absolute atomic E-state index is 11.9. The van der Waals surface area contributed by atoms with Crippen LogP contribution in [0.2, 0.25) is 0 Å². The third kappa shape index (κ3) is 1.67. The number of aliphatic hydroxyl groups is 1. The van der Waals surface area contributed by atoms with Crippen LogP contribution in [0.15, 0.2) is 0 Å². The van der Waals surface area contributed by atoms with Gasteiger partial charge in [0, 0.05) is 13.2 Å². The Morgan fingerprint density at radius 2 is 1.87 bits per heavy atom. The molecule has 3 atom stereocenters. The molecule has 0 aromatic carbocycles. The average molecular weight is 211 g/mol. The van der Waals surface area contributed by atoms with E-state index in [2.05, 4.69) is 0 Å². The summed E-state index contributed by atoms with van der Waals surface area (Å²) >= 11 is 0. The van der Waals surface area contributed by atoms with Crippen LogP contribution < -0.4 is 0 Å². The molecule has 84 valence electrons. The number of carbonyl (C=O) groups excluding carboxylic acids is 2. The van der Waals surface area contributed by atoms with E-state index in [1.807, 2.05) is 6.92 Å². The molecule has 2 fully saturated rings. The van der Waals surface area contributed by atoms with E-state index < -0.39 is 0 Å². The van der Waals surface area contributed by atoms with Crippen molar-refractivity contribution in [3.05, 3.63) is 0 Å². The Bertz CT molecular complexity index is 268. The maximum Gasteiger partial charge on any atom is 0.233 e. The topological polar surface area (TPSA) is 57.6 Å². The van der Waals surface area contributed by atoms with Gasteiger partial charge in [-0.25, -0.2) is 0 Å². The van der Waals surface area contributed by atoms with E-state index in [1.165, 1.54) is 4.90 Å². The van der Waals surface area contributed by atoms with Crippen LogP contribution in [0.25, 0.3) is 0 Å². The standard InChI is InChI=1S/C11H17NO3/c1-7(6-13)5-12-10(14)8-3-2-4-9(8)11(12)15/h7-9,13H,2-6H2,1H3. The molecule has 2 amide bonds. The molecule has 2 rings (SSSR count). The fraction of sp³-hybridized carbons (Fsp3) is 0.818. The molecule has 1 aliphatic heterocycles. The highest BCUT2D eigenvalue weighted by molar-refractivity contribution is 6.05. The number of imide groups is 1. The number of carbonyl (C=O) groups is 2. The second-order valence-electron chi connectivity index (χ2n) is 4.72. The predicted octanol–water partition coefficient (Wildman–Crippen LogP) is 0.400. The molecule has 0 aromatic heterocycles. The Kier molecular flexibility index (Phi) is 2.78. The molecule has 0 aromatic rings. The van der Waals surface area contributed by atoms with E-state index >= 15 is 0 Å². The van der Waals surface area contributed by atoms with Gasteiger partial charge in [0.2, 0.25) is 11.8 Å². The van der Waals surface area contributed by atoms with Gasteiger partial charge in [0.1, 0.15) is 0 Å². The number of aliphatic hydroxyl groups excluding tert-OH is 1. The van der Waals surface area contributed by atoms with Gasteiger partial charge in [-0.3, -0.25) is 14.5 Å². The Balaban J connectivity index is 2.08. The third-order valence-corrected chi connectivity index (χ3v) is 3.49. The molecule has 15 heavy (non-hydrogen) atoms. The zero-order chi connectivity index (χ0) is 11.0. The van der Waals surface area contributed by atoms with Crippen molar-refractivity contribution < 1.29 is 14.7 Å². The number of amides is 2. The lowest BCUT2D eigenvalue weighted by Crippen LogP contribution is -2.36. The minimum absolute atomic E-state index is 0.0113. The molecule has 1 saturated carbocycles. The van der Waals surface area contributed by atoms with Crippen molar-refractivity contribution in [3.63, 3.8) is 0 Å². The van der Waals surface area contributed by atoms with Crippen molar-refractivity contribution in [2.75, 3.05) is 13.2 Å². The quantitative estimate of drug-likeness (QED) is 0.687. The van der Waals surface area contributed by atoms with Crippen molar-refractivity contribution in [3.8, 4) is 0 Å². The molecular formula is C11H17NO3. The van der Waals surface area contributed by atoms with Crippen LogP contribution in [0.3, 0.4) is 0 Å². The summed E-state index contributed by atoms with van der Waals surface area (Å²) in [6, 6.07) is 0. The second-order valence-corrected chi connectivity index (χ2v) is 4.72. The van der Waals surface area contributed by atoms with E-state index in [4.69, 9.17) is 5.11 Å². The Labute approximate surface area is 89.3 Å². The largest absolute Gasteiger partial charge is 0.396 e. The first kappa shape index (κ1) is 10.6. The van der Waals surface area contributed by atoms with Crippen LogP contribution in [-0.2, 0) is 9.59 Å².